The Kier molecular flexibility index (Phi) is 5.03. The van der Waals surface area contributed by atoms with E-state index < -0.39 is 10.0 Å². The quantitative estimate of drug-likeness (QED) is 0.829. The Hall–Kier alpha value is -1.70. The Morgan fingerprint density at radius 2 is 2.17 bits per heavy atom. The number of aromatic nitrogens is 2. The molecule has 3 rings (SSSR count). The summed E-state index contributed by atoms with van der Waals surface area (Å²) in [4.78, 5) is 4.65. The van der Waals surface area contributed by atoms with Gasteiger partial charge in [0.05, 0.1) is 18.0 Å². The first-order valence-electron chi connectivity index (χ1n) is 8.15. The lowest BCUT2D eigenvalue weighted by Gasteiger charge is -2.23. The molecule has 0 aliphatic carbocycles. The molecule has 0 amide bonds. The number of aryl methyl sites for hydroxylation is 1. The highest BCUT2D eigenvalue weighted by atomic mass is 32.2. The summed E-state index contributed by atoms with van der Waals surface area (Å²) in [7, 11) is -3.56. The maximum Gasteiger partial charge on any atom is 0.243 e. The lowest BCUT2D eigenvalue weighted by molar-refractivity contribution is 0.0978. The van der Waals surface area contributed by atoms with Gasteiger partial charge in [-0.15, -0.1) is 0 Å². The molecule has 0 saturated heterocycles. The first-order valence-corrected chi connectivity index (χ1v) is 9.59. The van der Waals surface area contributed by atoms with E-state index in [4.69, 9.17) is 4.74 Å². The van der Waals surface area contributed by atoms with E-state index in [1.807, 2.05) is 30.7 Å². The fourth-order valence-corrected chi connectivity index (χ4v) is 4.58. The summed E-state index contributed by atoms with van der Waals surface area (Å²) in [6.07, 6.45) is 3.62. The summed E-state index contributed by atoms with van der Waals surface area (Å²) in [5.41, 5.74) is 0.929. The van der Waals surface area contributed by atoms with Gasteiger partial charge >= 0.3 is 0 Å². The highest BCUT2D eigenvalue weighted by Gasteiger charge is 2.31. The van der Waals surface area contributed by atoms with Crippen molar-refractivity contribution < 1.29 is 13.2 Å². The molecule has 0 N–H and O–H groups in total. The van der Waals surface area contributed by atoms with Gasteiger partial charge in [-0.25, -0.2) is 13.4 Å². The van der Waals surface area contributed by atoms with Crippen LogP contribution in [0.15, 0.2) is 41.6 Å². The molecule has 1 aliphatic heterocycles. The Balaban J connectivity index is 1.93. The maximum absolute atomic E-state index is 13.1. The van der Waals surface area contributed by atoms with Crippen LogP contribution in [0.1, 0.15) is 18.3 Å². The molecule has 0 saturated carbocycles. The number of fused-ring (bicyclic) bond motifs is 1. The van der Waals surface area contributed by atoms with Crippen molar-refractivity contribution in [3.05, 3.63) is 48.0 Å². The molecule has 1 aliphatic rings. The minimum atomic E-state index is -3.56. The standard InChI is InChI=1S/C17H23N3O3S/c1-3-23-13-15-10-19-8-7-18-17(19)12-20(11-15)24(21,22)16-6-4-5-14(2)9-16/h4-9,15H,3,10-13H2,1-2H3. The highest BCUT2D eigenvalue weighted by Crippen LogP contribution is 2.24. The van der Waals surface area contributed by atoms with Crippen LogP contribution in [0.4, 0.5) is 0 Å². The van der Waals surface area contributed by atoms with Crippen molar-refractivity contribution in [3.8, 4) is 0 Å². The van der Waals surface area contributed by atoms with E-state index in [-0.39, 0.29) is 12.5 Å². The fourth-order valence-electron chi connectivity index (χ4n) is 3.00. The second-order valence-electron chi connectivity index (χ2n) is 6.14. The third-order valence-corrected chi connectivity index (χ3v) is 6.03. The van der Waals surface area contributed by atoms with Gasteiger partial charge in [0.15, 0.2) is 0 Å². The molecule has 130 valence electrons. The summed E-state index contributed by atoms with van der Waals surface area (Å²) in [5.74, 6) is 0.866. The Morgan fingerprint density at radius 3 is 2.92 bits per heavy atom. The van der Waals surface area contributed by atoms with Gasteiger partial charge in [0.2, 0.25) is 10.0 Å². The lowest BCUT2D eigenvalue weighted by atomic mass is 10.1. The Bertz CT molecular complexity index is 801. The van der Waals surface area contributed by atoms with Gasteiger partial charge < -0.3 is 9.30 Å². The molecular weight excluding hydrogens is 326 g/mol. The first kappa shape index (κ1) is 17.1. The van der Waals surface area contributed by atoms with Crippen LogP contribution in [0.2, 0.25) is 0 Å². The largest absolute Gasteiger partial charge is 0.381 e. The summed E-state index contributed by atoms with van der Waals surface area (Å²) in [5, 5.41) is 0. The van der Waals surface area contributed by atoms with Gasteiger partial charge in [-0.05, 0) is 31.5 Å². The summed E-state index contributed by atoms with van der Waals surface area (Å²) in [6, 6.07) is 7.03. The number of benzene rings is 1. The van der Waals surface area contributed by atoms with E-state index in [1.165, 1.54) is 4.31 Å². The number of rotatable bonds is 5. The molecule has 0 radical (unpaired) electrons. The lowest BCUT2D eigenvalue weighted by Crippen LogP contribution is -2.35. The minimum Gasteiger partial charge on any atom is -0.381 e. The zero-order valence-electron chi connectivity index (χ0n) is 14.1. The monoisotopic (exact) mass is 349 g/mol. The molecule has 2 aromatic rings. The predicted octanol–water partition coefficient (Wildman–Crippen LogP) is 2.05. The summed E-state index contributed by atoms with van der Waals surface area (Å²) >= 11 is 0. The Morgan fingerprint density at radius 1 is 1.33 bits per heavy atom. The molecular formula is C17H23N3O3S. The van der Waals surface area contributed by atoms with Crippen molar-refractivity contribution in [2.24, 2.45) is 5.92 Å². The second-order valence-corrected chi connectivity index (χ2v) is 8.07. The van der Waals surface area contributed by atoms with Crippen LogP contribution < -0.4 is 0 Å². The van der Waals surface area contributed by atoms with Crippen LogP contribution in [0.25, 0.3) is 0 Å². The number of nitrogens with zero attached hydrogens (tertiary/aromatic N) is 3. The predicted molar refractivity (Wildman–Crippen MR) is 91.0 cm³/mol. The molecule has 6 nitrogen and oxygen atoms in total. The zero-order valence-corrected chi connectivity index (χ0v) is 14.9. The van der Waals surface area contributed by atoms with Crippen LogP contribution in [0, 0.1) is 12.8 Å². The van der Waals surface area contributed by atoms with Crippen molar-refractivity contribution in [2.45, 2.75) is 31.8 Å². The molecule has 1 atom stereocenters. The van der Waals surface area contributed by atoms with Crippen LogP contribution in [-0.4, -0.2) is 42.0 Å². The van der Waals surface area contributed by atoms with Crippen LogP contribution in [0.5, 0.6) is 0 Å². The van der Waals surface area contributed by atoms with Crippen molar-refractivity contribution in [1.29, 1.82) is 0 Å². The number of ether oxygens (including phenoxy) is 1. The highest BCUT2D eigenvalue weighted by molar-refractivity contribution is 7.89. The topological polar surface area (TPSA) is 64.4 Å². The third-order valence-electron chi connectivity index (χ3n) is 4.22. The number of imidazole rings is 1. The molecule has 0 bridgehead atoms. The molecule has 1 aromatic heterocycles. The average molecular weight is 349 g/mol. The third kappa shape index (κ3) is 3.53. The van der Waals surface area contributed by atoms with Gasteiger partial charge in [-0.3, -0.25) is 0 Å². The van der Waals surface area contributed by atoms with E-state index in [1.54, 1.807) is 24.4 Å². The van der Waals surface area contributed by atoms with E-state index in [0.29, 0.717) is 24.7 Å². The van der Waals surface area contributed by atoms with Crippen LogP contribution >= 0.6 is 0 Å². The molecule has 1 aromatic carbocycles. The van der Waals surface area contributed by atoms with Gasteiger partial charge in [0.25, 0.3) is 0 Å². The molecule has 0 spiro atoms. The number of hydrogen-bond acceptors (Lipinski definition) is 4. The fraction of sp³-hybridized carbons (Fsp3) is 0.471. The van der Waals surface area contributed by atoms with Crippen molar-refractivity contribution >= 4 is 10.0 Å². The molecule has 2 heterocycles. The Labute approximate surface area is 143 Å². The average Bonchev–Trinajstić information content (AvgIpc) is 2.90. The van der Waals surface area contributed by atoms with E-state index in [2.05, 4.69) is 4.98 Å². The molecule has 0 fully saturated rings. The van der Waals surface area contributed by atoms with Crippen molar-refractivity contribution in [1.82, 2.24) is 13.9 Å². The van der Waals surface area contributed by atoms with E-state index in [0.717, 1.165) is 17.9 Å². The van der Waals surface area contributed by atoms with E-state index in [9.17, 15) is 8.42 Å². The van der Waals surface area contributed by atoms with Gasteiger partial charge in [-0.2, -0.15) is 4.31 Å². The minimum absolute atomic E-state index is 0.0972. The maximum atomic E-state index is 13.1. The van der Waals surface area contributed by atoms with Gasteiger partial charge in [0.1, 0.15) is 5.82 Å². The molecule has 24 heavy (non-hydrogen) atoms. The van der Waals surface area contributed by atoms with Crippen molar-refractivity contribution in [2.75, 3.05) is 19.8 Å². The van der Waals surface area contributed by atoms with Crippen molar-refractivity contribution in [3.63, 3.8) is 0 Å². The smallest absolute Gasteiger partial charge is 0.243 e. The summed E-state index contributed by atoms with van der Waals surface area (Å²) < 4.78 is 35.3. The van der Waals surface area contributed by atoms with Gasteiger partial charge in [0, 0.05) is 38.0 Å². The first-order chi connectivity index (χ1) is 11.5. The number of sulfonamides is 1. The zero-order chi connectivity index (χ0) is 17.2. The van der Waals surface area contributed by atoms with E-state index >= 15 is 0 Å². The SMILES string of the molecule is CCOCC1CN(S(=O)(=O)c2cccc(C)c2)Cc2nccn2C1. The molecule has 7 heteroatoms. The number of hydrogen-bond donors (Lipinski definition) is 0. The van der Waals surface area contributed by atoms with Crippen LogP contribution in [-0.2, 0) is 27.8 Å². The second kappa shape index (κ2) is 7.04. The normalized spacial score (nSPS) is 19.0. The van der Waals surface area contributed by atoms with Gasteiger partial charge in [-0.1, -0.05) is 12.1 Å². The van der Waals surface area contributed by atoms with Crippen LogP contribution in [0.3, 0.4) is 0 Å². The summed E-state index contributed by atoms with van der Waals surface area (Å²) in [6.45, 7) is 6.43. The molecule has 1 unspecified atom stereocenters.